The molecular weight excluding hydrogens is 322 g/mol. The van der Waals surface area contributed by atoms with Crippen LogP contribution in [0.15, 0.2) is 55.1 Å². The summed E-state index contributed by atoms with van der Waals surface area (Å²) in [5.41, 5.74) is 1.04. The molecule has 0 aliphatic carbocycles. The Hall–Kier alpha value is -2.14. The van der Waals surface area contributed by atoms with Gasteiger partial charge in [-0.05, 0) is 35.6 Å². The van der Waals surface area contributed by atoms with E-state index in [2.05, 4.69) is 11.9 Å². The minimum Gasteiger partial charge on any atom is -0.348 e. The maximum atomic E-state index is 12.5. The van der Waals surface area contributed by atoms with E-state index in [0.717, 1.165) is 22.8 Å². The van der Waals surface area contributed by atoms with Crippen LogP contribution < -0.4 is 5.32 Å². The summed E-state index contributed by atoms with van der Waals surface area (Å²) in [6.45, 7) is 3.48. The Bertz CT molecular complexity index is 868. The number of amides is 1. The molecule has 2 atom stereocenters. The lowest BCUT2D eigenvalue weighted by Gasteiger charge is -2.19. The topological polar surface area (TPSA) is 63.2 Å². The second-order valence-corrected chi connectivity index (χ2v) is 8.40. The van der Waals surface area contributed by atoms with Gasteiger partial charge in [-0.3, -0.25) is 4.79 Å². The molecular formula is C19H21NO3S. The average molecular weight is 343 g/mol. The zero-order valence-corrected chi connectivity index (χ0v) is 14.3. The van der Waals surface area contributed by atoms with Gasteiger partial charge in [0.2, 0.25) is 5.91 Å². The largest absolute Gasteiger partial charge is 0.348 e. The number of rotatable bonds is 4. The van der Waals surface area contributed by atoms with Crippen molar-refractivity contribution >= 4 is 26.5 Å². The third-order valence-corrected chi connectivity index (χ3v) is 6.57. The standard InChI is InChI=1S/C19H21NO3S/c1-2-13-24(22,23)18-12-6-11-17(20-19(18)21)16-10-5-8-14-7-3-4-9-15(14)16/h2-5,7-10,17-18H,1,6,11-13H2,(H,20,21). The fourth-order valence-corrected chi connectivity index (χ4v) is 4.87. The Morgan fingerprint density at radius 2 is 1.88 bits per heavy atom. The zero-order chi connectivity index (χ0) is 17.2. The first-order valence-electron chi connectivity index (χ1n) is 8.13. The molecule has 2 unspecified atom stereocenters. The summed E-state index contributed by atoms with van der Waals surface area (Å²) < 4.78 is 24.5. The van der Waals surface area contributed by atoms with E-state index >= 15 is 0 Å². The molecule has 0 spiro atoms. The van der Waals surface area contributed by atoms with E-state index < -0.39 is 21.0 Å². The minimum absolute atomic E-state index is 0.160. The molecule has 1 aliphatic heterocycles. The van der Waals surface area contributed by atoms with Crippen LogP contribution in [0.4, 0.5) is 0 Å². The minimum atomic E-state index is -3.48. The number of hydrogen-bond donors (Lipinski definition) is 1. The third-order valence-electron chi connectivity index (χ3n) is 4.55. The Morgan fingerprint density at radius 1 is 1.12 bits per heavy atom. The van der Waals surface area contributed by atoms with Crippen molar-refractivity contribution < 1.29 is 13.2 Å². The number of sulfone groups is 1. The fourth-order valence-electron chi connectivity index (χ4n) is 3.39. The van der Waals surface area contributed by atoms with Gasteiger partial charge in [0.1, 0.15) is 5.25 Å². The van der Waals surface area contributed by atoms with Gasteiger partial charge in [0.15, 0.2) is 9.84 Å². The fraction of sp³-hybridized carbons (Fsp3) is 0.316. The molecule has 2 aromatic rings. The number of fused-ring (bicyclic) bond motifs is 1. The summed E-state index contributed by atoms with van der Waals surface area (Å²) in [4.78, 5) is 12.5. The van der Waals surface area contributed by atoms with Crippen molar-refractivity contribution in [1.82, 2.24) is 5.32 Å². The van der Waals surface area contributed by atoms with Gasteiger partial charge in [-0.1, -0.05) is 48.5 Å². The van der Waals surface area contributed by atoms with Crippen LogP contribution in [0, 0.1) is 0 Å². The van der Waals surface area contributed by atoms with Crippen LogP contribution in [-0.2, 0) is 14.6 Å². The van der Waals surface area contributed by atoms with E-state index in [0.29, 0.717) is 12.8 Å². The molecule has 126 valence electrons. The SMILES string of the molecule is C=CCS(=O)(=O)C1CCCC(c2cccc3ccccc23)NC1=O. The highest BCUT2D eigenvalue weighted by Gasteiger charge is 2.35. The second kappa shape index (κ2) is 6.77. The van der Waals surface area contributed by atoms with Gasteiger partial charge in [-0.2, -0.15) is 0 Å². The molecule has 0 saturated carbocycles. The van der Waals surface area contributed by atoms with E-state index in [1.54, 1.807) is 0 Å². The van der Waals surface area contributed by atoms with Crippen molar-refractivity contribution in [3.05, 3.63) is 60.7 Å². The van der Waals surface area contributed by atoms with E-state index in [-0.39, 0.29) is 11.8 Å². The van der Waals surface area contributed by atoms with Crippen LogP contribution in [0.5, 0.6) is 0 Å². The summed E-state index contributed by atoms with van der Waals surface area (Å²) in [7, 11) is -3.48. The molecule has 1 N–H and O–H groups in total. The molecule has 1 heterocycles. The molecule has 4 nitrogen and oxygen atoms in total. The summed E-state index contributed by atoms with van der Waals surface area (Å²) in [6, 6.07) is 13.9. The van der Waals surface area contributed by atoms with Crippen LogP contribution >= 0.6 is 0 Å². The van der Waals surface area contributed by atoms with Crippen molar-refractivity contribution in [1.29, 1.82) is 0 Å². The second-order valence-electron chi connectivity index (χ2n) is 6.17. The predicted molar refractivity (Wildman–Crippen MR) is 96.5 cm³/mol. The van der Waals surface area contributed by atoms with E-state index in [4.69, 9.17) is 0 Å². The normalized spacial score (nSPS) is 21.9. The van der Waals surface area contributed by atoms with Crippen LogP contribution in [0.2, 0.25) is 0 Å². The van der Waals surface area contributed by atoms with Crippen molar-refractivity contribution in [2.45, 2.75) is 30.6 Å². The van der Waals surface area contributed by atoms with Crippen molar-refractivity contribution in [3.8, 4) is 0 Å². The number of carbonyl (C=O) groups excluding carboxylic acids is 1. The lowest BCUT2D eigenvalue weighted by atomic mass is 9.96. The van der Waals surface area contributed by atoms with E-state index in [1.165, 1.54) is 6.08 Å². The Balaban J connectivity index is 1.92. The maximum Gasteiger partial charge on any atom is 0.238 e. The first-order valence-corrected chi connectivity index (χ1v) is 9.85. The molecule has 1 fully saturated rings. The lowest BCUT2D eigenvalue weighted by Crippen LogP contribution is -2.40. The van der Waals surface area contributed by atoms with Crippen molar-refractivity contribution in [2.24, 2.45) is 0 Å². The maximum absolute atomic E-state index is 12.5. The average Bonchev–Trinajstić information content (AvgIpc) is 2.76. The van der Waals surface area contributed by atoms with Gasteiger partial charge in [-0.25, -0.2) is 8.42 Å². The molecule has 24 heavy (non-hydrogen) atoms. The van der Waals surface area contributed by atoms with Crippen LogP contribution in [0.3, 0.4) is 0 Å². The van der Waals surface area contributed by atoms with Crippen LogP contribution in [0.1, 0.15) is 30.9 Å². The molecule has 0 radical (unpaired) electrons. The van der Waals surface area contributed by atoms with Crippen molar-refractivity contribution in [3.63, 3.8) is 0 Å². The van der Waals surface area contributed by atoms with Gasteiger partial charge in [0, 0.05) is 0 Å². The Kier molecular flexibility index (Phi) is 4.71. The molecule has 0 bridgehead atoms. The first-order chi connectivity index (χ1) is 11.5. The van der Waals surface area contributed by atoms with E-state index in [1.807, 2.05) is 42.5 Å². The third kappa shape index (κ3) is 3.22. The van der Waals surface area contributed by atoms with Gasteiger partial charge < -0.3 is 5.32 Å². The van der Waals surface area contributed by atoms with Gasteiger partial charge in [0.25, 0.3) is 0 Å². The summed E-state index contributed by atoms with van der Waals surface area (Å²) in [6.07, 6.45) is 3.13. The highest BCUT2D eigenvalue weighted by molar-refractivity contribution is 7.92. The number of nitrogens with one attached hydrogen (secondary N) is 1. The quantitative estimate of drug-likeness (QED) is 0.868. The Morgan fingerprint density at radius 3 is 2.67 bits per heavy atom. The molecule has 5 heteroatoms. The van der Waals surface area contributed by atoms with Crippen molar-refractivity contribution in [2.75, 3.05) is 5.75 Å². The van der Waals surface area contributed by atoms with Crippen LogP contribution in [0.25, 0.3) is 10.8 Å². The van der Waals surface area contributed by atoms with Crippen LogP contribution in [-0.4, -0.2) is 25.3 Å². The zero-order valence-electron chi connectivity index (χ0n) is 13.4. The number of carbonyl (C=O) groups is 1. The lowest BCUT2D eigenvalue weighted by molar-refractivity contribution is -0.121. The number of benzene rings is 2. The monoisotopic (exact) mass is 343 g/mol. The predicted octanol–water partition coefficient (Wildman–Crippen LogP) is 3.15. The molecule has 3 rings (SSSR count). The van der Waals surface area contributed by atoms with E-state index in [9.17, 15) is 13.2 Å². The molecule has 1 amide bonds. The molecule has 1 saturated heterocycles. The van der Waals surface area contributed by atoms with Gasteiger partial charge >= 0.3 is 0 Å². The first kappa shape index (κ1) is 16.7. The Labute approximate surface area is 142 Å². The molecule has 1 aliphatic rings. The highest BCUT2D eigenvalue weighted by atomic mass is 32.2. The molecule has 2 aromatic carbocycles. The smallest absolute Gasteiger partial charge is 0.238 e. The molecule has 0 aromatic heterocycles. The summed E-state index contributed by atoms with van der Waals surface area (Å²) in [5, 5.41) is 4.18. The summed E-state index contributed by atoms with van der Waals surface area (Å²) in [5.74, 6) is -0.559. The summed E-state index contributed by atoms with van der Waals surface area (Å²) >= 11 is 0. The van der Waals surface area contributed by atoms with Gasteiger partial charge in [0.05, 0.1) is 11.8 Å². The number of hydrogen-bond acceptors (Lipinski definition) is 3. The van der Waals surface area contributed by atoms with Gasteiger partial charge in [-0.15, -0.1) is 6.58 Å². The highest BCUT2D eigenvalue weighted by Crippen LogP contribution is 2.30.